The van der Waals surface area contributed by atoms with E-state index >= 15 is 0 Å². The molecule has 0 N–H and O–H groups in total. The van der Waals surface area contributed by atoms with Crippen LogP contribution in [0.4, 0.5) is 0 Å². The van der Waals surface area contributed by atoms with E-state index in [4.69, 9.17) is 4.74 Å². The second kappa shape index (κ2) is 6.67. The Balaban J connectivity index is 1.82. The van der Waals surface area contributed by atoms with Crippen LogP contribution in [0.2, 0.25) is 0 Å². The topological polar surface area (TPSA) is 47.4 Å². The number of ether oxygens (including phenoxy) is 1. The Hall–Kier alpha value is -2.30. The molecule has 2 heterocycles. The Morgan fingerprint density at radius 3 is 2.83 bits per heavy atom. The van der Waals surface area contributed by atoms with Gasteiger partial charge in [-0.05, 0) is 32.8 Å². The van der Waals surface area contributed by atoms with E-state index in [-0.39, 0.29) is 11.9 Å². The molecule has 0 radical (unpaired) electrons. The molecule has 1 aromatic carbocycles. The quantitative estimate of drug-likeness (QED) is 0.867. The smallest absolute Gasteiger partial charge is 0.227 e. The molecule has 1 aliphatic heterocycles. The highest BCUT2D eigenvalue weighted by molar-refractivity contribution is 5.80. The maximum absolute atomic E-state index is 12.9. The lowest BCUT2D eigenvalue weighted by molar-refractivity contribution is -0.131. The SMILES string of the molecule is COc1ccc(C)cc1CC(=O)N1CCCC1c1nc(C)cn1C. The molecular formula is C19H25N3O2. The Morgan fingerprint density at radius 1 is 1.38 bits per heavy atom. The average Bonchev–Trinajstić information content (AvgIpc) is 3.13. The Bertz CT molecular complexity index is 751. The van der Waals surface area contributed by atoms with E-state index in [1.54, 1.807) is 7.11 Å². The second-order valence-corrected chi connectivity index (χ2v) is 6.59. The Morgan fingerprint density at radius 2 is 2.17 bits per heavy atom. The highest BCUT2D eigenvalue weighted by Gasteiger charge is 2.32. The number of benzene rings is 1. The van der Waals surface area contributed by atoms with Crippen molar-refractivity contribution in [2.24, 2.45) is 7.05 Å². The molecule has 2 aromatic rings. The van der Waals surface area contributed by atoms with Crippen molar-refractivity contribution in [3.05, 3.63) is 47.0 Å². The summed E-state index contributed by atoms with van der Waals surface area (Å²) in [6.45, 7) is 4.81. The van der Waals surface area contributed by atoms with Gasteiger partial charge in [-0.2, -0.15) is 0 Å². The van der Waals surface area contributed by atoms with E-state index < -0.39 is 0 Å². The molecule has 0 spiro atoms. The predicted molar refractivity (Wildman–Crippen MR) is 93.1 cm³/mol. The van der Waals surface area contributed by atoms with Crippen LogP contribution >= 0.6 is 0 Å². The molecule has 0 saturated carbocycles. The number of nitrogens with zero attached hydrogens (tertiary/aromatic N) is 3. The van der Waals surface area contributed by atoms with Crippen LogP contribution in [0.5, 0.6) is 5.75 Å². The average molecular weight is 327 g/mol. The van der Waals surface area contributed by atoms with Gasteiger partial charge in [0.25, 0.3) is 0 Å². The number of rotatable bonds is 4. The van der Waals surface area contributed by atoms with Gasteiger partial charge in [0.15, 0.2) is 0 Å². The number of hydrogen-bond acceptors (Lipinski definition) is 3. The molecular weight excluding hydrogens is 302 g/mol. The summed E-state index contributed by atoms with van der Waals surface area (Å²) < 4.78 is 7.45. The van der Waals surface area contributed by atoms with E-state index in [2.05, 4.69) is 4.98 Å². The normalized spacial score (nSPS) is 17.3. The van der Waals surface area contributed by atoms with Gasteiger partial charge in [-0.1, -0.05) is 17.7 Å². The first kappa shape index (κ1) is 16.6. The lowest BCUT2D eigenvalue weighted by Gasteiger charge is -2.25. The zero-order valence-corrected chi connectivity index (χ0v) is 14.9. The number of aromatic nitrogens is 2. The molecule has 128 valence electrons. The molecule has 0 aliphatic carbocycles. The molecule has 0 bridgehead atoms. The maximum Gasteiger partial charge on any atom is 0.227 e. The van der Waals surface area contributed by atoms with Crippen LogP contribution in [0.3, 0.4) is 0 Å². The standard InChI is InChI=1S/C19H25N3O2/c1-13-7-8-17(24-4)15(10-13)11-18(23)22-9-5-6-16(22)19-20-14(2)12-21(19)3/h7-8,10,12,16H,5-6,9,11H2,1-4H3. The molecule has 1 amide bonds. The summed E-state index contributed by atoms with van der Waals surface area (Å²) >= 11 is 0. The monoisotopic (exact) mass is 327 g/mol. The number of likely N-dealkylation sites (tertiary alicyclic amines) is 1. The number of carbonyl (C=O) groups is 1. The fourth-order valence-electron chi connectivity index (χ4n) is 3.59. The third-order valence-electron chi connectivity index (χ3n) is 4.68. The number of hydrogen-bond donors (Lipinski definition) is 0. The molecule has 24 heavy (non-hydrogen) atoms. The highest BCUT2D eigenvalue weighted by atomic mass is 16.5. The fraction of sp³-hybridized carbons (Fsp3) is 0.474. The van der Waals surface area contributed by atoms with E-state index in [1.807, 2.05) is 54.8 Å². The van der Waals surface area contributed by atoms with Gasteiger partial charge in [-0.3, -0.25) is 4.79 Å². The van der Waals surface area contributed by atoms with Crippen LogP contribution in [0.1, 0.15) is 41.5 Å². The molecule has 1 fully saturated rings. The molecule has 1 aliphatic rings. The van der Waals surface area contributed by atoms with E-state index in [0.29, 0.717) is 6.42 Å². The summed E-state index contributed by atoms with van der Waals surface area (Å²) in [6, 6.07) is 6.04. The number of amides is 1. The minimum atomic E-state index is 0.0759. The van der Waals surface area contributed by atoms with Gasteiger partial charge >= 0.3 is 0 Å². The zero-order chi connectivity index (χ0) is 17.3. The van der Waals surface area contributed by atoms with Crippen molar-refractivity contribution in [3.8, 4) is 5.75 Å². The van der Waals surface area contributed by atoms with Gasteiger partial charge < -0.3 is 14.2 Å². The van der Waals surface area contributed by atoms with Crippen molar-refractivity contribution >= 4 is 5.91 Å². The third-order valence-corrected chi connectivity index (χ3v) is 4.68. The molecule has 1 unspecified atom stereocenters. The predicted octanol–water partition coefficient (Wildman–Crippen LogP) is 2.95. The minimum Gasteiger partial charge on any atom is -0.496 e. The largest absolute Gasteiger partial charge is 0.496 e. The Kier molecular flexibility index (Phi) is 4.60. The first-order chi connectivity index (χ1) is 11.5. The third kappa shape index (κ3) is 3.16. The maximum atomic E-state index is 12.9. The van der Waals surface area contributed by atoms with E-state index in [1.165, 1.54) is 0 Å². The summed E-state index contributed by atoms with van der Waals surface area (Å²) in [5, 5.41) is 0. The molecule has 5 nitrogen and oxygen atoms in total. The lowest BCUT2D eigenvalue weighted by Crippen LogP contribution is -2.33. The van der Waals surface area contributed by atoms with Crippen LogP contribution in [-0.4, -0.2) is 34.0 Å². The number of carbonyl (C=O) groups excluding carboxylic acids is 1. The molecule has 1 saturated heterocycles. The van der Waals surface area contributed by atoms with Gasteiger partial charge in [-0.15, -0.1) is 0 Å². The van der Waals surface area contributed by atoms with Gasteiger partial charge in [0, 0.05) is 25.4 Å². The molecule has 5 heteroatoms. The summed E-state index contributed by atoms with van der Waals surface area (Å²) in [6.07, 6.45) is 4.37. The van der Waals surface area contributed by atoms with Gasteiger partial charge in [0.2, 0.25) is 5.91 Å². The number of methoxy groups -OCH3 is 1. The van der Waals surface area contributed by atoms with Crippen molar-refractivity contribution in [2.75, 3.05) is 13.7 Å². The summed E-state index contributed by atoms with van der Waals surface area (Å²) in [4.78, 5) is 19.5. The van der Waals surface area contributed by atoms with Crippen LogP contribution in [0.25, 0.3) is 0 Å². The number of imidazole rings is 1. The van der Waals surface area contributed by atoms with E-state index in [0.717, 1.165) is 47.8 Å². The van der Waals surface area contributed by atoms with Crippen LogP contribution in [0.15, 0.2) is 24.4 Å². The van der Waals surface area contributed by atoms with Crippen molar-refractivity contribution in [1.29, 1.82) is 0 Å². The van der Waals surface area contributed by atoms with Crippen molar-refractivity contribution in [3.63, 3.8) is 0 Å². The summed E-state index contributed by atoms with van der Waals surface area (Å²) in [7, 11) is 3.65. The van der Waals surface area contributed by atoms with Crippen molar-refractivity contribution < 1.29 is 9.53 Å². The van der Waals surface area contributed by atoms with Gasteiger partial charge in [0.1, 0.15) is 11.6 Å². The van der Waals surface area contributed by atoms with Crippen LogP contribution < -0.4 is 4.74 Å². The van der Waals surface area contributed by atoms with Crippen LogP contribution in [-0.2, 0) is 18.3 Å². The minimum absolute atomic E-state index is 0.0759. The van der Waals surface area contributed by atoms with Crippen LogP contribution in [0, 0.1) is 13.8 Å². The second-order valence-electron chi connectivity index (χ2n) is 6.59. The lowest BCUT2D eigenvalue weighted by atomic mass is 10.1. The summed E-state index contributed by atoms with van der Waals surface area (Å²) in [5.74, 6) is 1.90. The van der Waals surface area contributed by atoms with E-state index in [9.17, 15) is 4.79 Å². The van der Waals surface area contributed by atoms with Crippen molar-refractivity contribution in [2.45, 2.75) is 39.2 Å². The highest BCUT2D eigenvalue weighted by Crippen LogP contribution is 2.32. The molecule has 1 aromatic heterocycles. The van der Waals surface area contributed by atoms with Crippen molar-refractivity contribution in [1.82, 2.24) is 14.5 Å². The molecule has 1 atom stereocenters. The Labute approximate surface area is 143 Å². The molecule has 3 rings (SSSR count). The summed E-state index contributed by atoms with van der Waals surface area (Å²) in [5.41, 5.74) is 3.08. The first-order valence-corrected chi connectivity index (χ1v) is 8.42. The number of aryl methyl sites for hydroxylation is 3. The zero-order valence-electron chi connectivity index (χ0n) is 14.9. The van der Waals surface area contributed by atoms with Gasteiger partial charge in [-0.25, -0.2) is 4.98 Å². The first-order valence-electron chi connectivity index (χ1n) is 8.42. The van der Waals surface area contributed by atoms with Gasteiger partial charge in [0.05, 0.1) is 25.3 Å². The fourth-order valence-corrected chi connectivity index (χ4v) is 3.59.